The van der Waals surface area contributed by atoms with Gasteiger partial charge in [-0.25, -0.2) is 9.37 Å². The Hall–Kier alpha value is -2.74. The minimum atomic E-state index is -0.397. The second-order valence-electron chi connectivity index (χ2n) is 5.83. The Kier molecular flexibility index (Phi) is 3.96. The van der Waals surface area contributed by atoms with E-state index in [1.807, 2.05) is 11.0 Å². The summed E-state index contributed by atoms with van der Waals surface area (Å²) in [5.74, 6) is -0.205. The molecule has 0 saturated carbocycles. The number of hydrogen-bond donors (Lipinski definition) is 0. The number of hydrogen-bond acceptors (Lipinski definition) is 6. The van der Waals surface area contributed by atoms with Crippen molar-refractivity contribution in [2.45, 2.75) is 0 Å². The van der Waals surface area contributed by atoms with Crippen molar-refractivity contribution in [3.05, 3.63) is 58.4 Å². The van der Waals surface area contributed by atoms with E-state index in [0.717, 1.165) is 28.4 Å². The number of thiazole rings is 1. The molecular weight excluding hydrogens is 343 g/mol. The largest absolute Gasteiger partial charge is 0.366 e. The highest BCUT2D eigenvalue weighted by Gasteiger charge is 2.22. The molecule has 0 atom stereocenters. The average Bonchev–Trinajstić information content (AvgIpc) is 3.05. The molecule has 1 aliphatic rings. The van der Waals surface area contributed by atoms with E-state index in [1.165, 1.54) is 23.5 Å². The van der Waals surface area contributed by atoms with Gasteiger partial charge in [-0.15, -0.1) is 0 Å². The summed E-state index contributed by atoms with van der Waals surface area (Å²) in [5.41, 5.74) is 1.47. The lowest BCUT2D eigenvalue weighted by atomic mass is 10.2. The molecule has 2 aromatic carbocycles. The second kappa shape index (κ2) is 6.29. The van der Waals surface area contributed by atoms with Crippen LogP contribution in [0.4, 0.5) is 20.9 Å². The molecule has 6 nitrogen and oxygen atoms in total. The first-order valence-corrected chi connectivity index (χ1v) is 8.73. The first-order chi connectivity index (χ1) is 12.1. The van der Waals surface area contributed by atoms with Gasteiger partial charge in [0.25, 0.3) is 5.69 Å². The van der Waals surface area contributed by atoms with Crippen LogP contribution in [0.5, 0.6) is 0 Å². The van der Waals surface area contributed by atoms with E-state index in [0.29, 0.717) is 18.8 Å². The topological polar surface area (TPSA) is 62.5 Å². The van der Waals surface area contributed by atoms with Crippen molar-refractivity contribution in [2.75, 3.05) is 36.0 Å². The Labute approximate surface area is 147 Å². The van der Waals surface area contributed by atoms with E-state index in [-0.39, 0.29) is 11.5 Å². The summed E-state index contributed by atoms with van der Waals surface area (Å²) in [7, 11) is 0. The number of piperazine rings is 1. The van der Waals surface area contributed by atoms with Crippen LogP contribution in [0.3, 0.4) is 0 Å². The number of fused-ring (bicyclic) bond motifs is 1. The molecule has 8 heteroatoms. The molecule has 1 aromatic heterocycles. The number of rotatable bonds is 3. The Morgan fingerprint density at radius 3 is 2.52 bits per heavy atom. The first-order valence-electron chi connectivity index (χ1n) is 7.91. The molecule has 0 aliphatic carbocycles. The molecule has 1 fully saturated rings. The van der Waals surface area contributed by atoms with Gasteiger partial charge in [0.15, 0.2) is 5.13 Å². The molecule has 4 rings (SSSR count). The average molecular weight is 358 g/mol. The Bertz CT molecular complexity index is 937. The third-order valence-corrected chi connectivity index (χ3v) is 5.39. The van der Waals surface area contributed by atoms with Crippen LogP contribution in [-0.4, -0.2) is 36.1 Å². The maximum Gasteiger partial charge on any atom is 0.270 e. The smallest absolute Gasteiger partial charge is 0.270 e. The van der Waals surface area contributed by atoms with Crippen LogP contribution in [0.25, 0.3) is 10.2 Å². The van der Waals surface area contributed by atoms with Crippen LogP contribution in [0.1, 0.15) is 0 Å². The number of benzene rings is 2. The molecule has 0 radical (unpaired) electrons. The summed E-state index contributed by atoms with van der Waals surface area (Å²) < 4.78 is 14.7. The molecule has 1 aliphatic heterocycles. The number of non-ortho nitro benzene ring substituents is 1. The van der Waals surface area contributed by atoms with E-state index < -0.39 is 4.92 Å². The molecular formula is C17H15FN4O2S. The van der Waals surface area contributed by atoms with Crippen LogP contribution in [0.2, 0.25) is 0 Å². The second-order valence-corrected chi connectivity index (χ2v) is 6.84. The highest BCUT2D eigenvalue weighted by atomic mass is 32.1. The lowest BCUT2D eigenvalue weighted by molar-refractivity contribution is -0.384. The summed E-state index contributed by atoms with van der Waals surface area (Å²) in [6.45, 7) is 2.88. The molecule has 0 N–H and O–H groups in total. The van der Waals surface area contributed by atoms with Crippen molar-refractivity contribution in [2.24, 2.45) is 0 Å². The highest BCUT2D eigenvalue weighted by Crippen LogP contribution is 2.32. The zero-order valence-corrected chi connectivity index (χ0v) is 14.1. The van der Waals surface area contributed by atoms with Crippen molar-refractivity contribution in [1.82, 2.24) is 4.98 Å². The van der Waals surface area contributed by atoms with Gasteiger partial charge >= 0.3 is 0 Å². The van der Waals surface area contributed by atoms with Gasteiger partial charge in [0.05, 0.1) is 20.8 Å². The minimum absolute atomic E-state index is 0.0760. The molecule has 25 heavy (non-hydrogen) atoms. The quantitative estimate of drug-likeness (QED) is 0.528. The van der Waals surface area contributed by atoms with Gasteiger partial charge in [0, 0.05) is 38.3 Å². The van der Waals surface area contributed by atoms with Crippen molar-refractivity contribution in [3.8, 4) is 0 Å². The maximum absolute atomic E-state index is 13.9. The predicted molar refractivity (Wildman–Crippen MR) is 97.1 cm³/mol. The Balaban J connectivity index is 1.51. The maximum atomic E-state index is 13.9. The lowest BCUT2D eigenvalue weighted by Crippen LogP contribution is -2.46. The van der Waals surface area contributed by atoms with Gasteiger partial charge in [0.1, 0.15) is 5.82 Å². The van der Waals surface area contributed by atoms with Crippen molar-refractivity contribution >= 4 is 38.1 Å². The van der Waals surface area contributed by atoms with E-state index in [4.69, 9.17) is 0 Å². The molecule has 3 aromatic rings. The summed E-state index contributed by atoms with van der Waals surface area (Å²) >= 11 is 1.45. The summed E-state index contributed by atoms with van der Waals surface area (Å²) in [4.78, 5) is 19.3. The number of halogens is 1. The molecule has 0 spiro atoms. The highest BCUT2D eigenvalue weighted by molar-refractivity contribution is 7.22. The number of nitrogens with zero attached hydrogens (tertiary/aromatic N) is 4. The van der Waals surface area contributed by atoms with Gasteiger partial charge < -0.3 is 9.80 Å². The molecule has 1 saturated heterocycles. The first kappa shape index (κ1) is 15.8. The molecule has 0 amide bonds. The molecule has 0 unspecified atom stereocenters. The van der Waals surface area contributed by atoms with Crippen LogP contribution >= 0.6 is 11.3 Å². The zero-order chi connectivity index (χ0) is 17.4. The third-order valence-electron chi connectivity index (χ3n) is 4.31. The fraction of sp³-hybridized carbons (Fsp3) is 0.235. The van der Waals surface area contributed by atoms with Gasteiger partial charge in [-0.05, 0) is 18.2 Å². The summed E-state index contributed by atoms with van der Waals surface area (Å²) in [6.07, 6.45) is 0. The SMILES string of the molecule is O=[N+]([O-])c1ccc2nc(N3CCN(c4ccccc4F)CC3)sc2c1. The summed E-state index contributed by atoms with van der Waals surface area (Å²) in [6, 6.07) is 11.5. The predicted octanol–water partition coefficient (Wildman–Crippen LogP) is 3.67. The Morgan fingerprint density at radius 1 is 1.08 bits per heavy atom. The van der Waals surface area contributed by atoms with Gasteiger partial charge in [0.2, 0.25) is 0 Å². The fourth-order valence-electron chi connectivity index (χ4n) is 3.00. The van der Waals surface area contributed by atoms with Gasteiger partial charge in [-0.1, -0.05) is 23.5 Å². The number of para-hydroxylation sites is 1. The third kappa shape index (κ3) is 3.00. The van der Waals surface area contributed by atoms with Gasteiger partial charge in [-0.2, -0.15) is 0 Å². The monoisotopic (exact) mass is 358 g/mol. The lowest BCUT2D eigenvalue weighted by Gasteiger charge is -2.36. The van der Waals surface area contributed by atoms with Crippen molar-refractivity contribution < 1.29 is 9.31 Å². The van der Waals surface area contributed by atoms with Crippen molar-refractivity contribution in [1.29, 1.82) is 0 Å². The molecule has 128 valence electrons. The minimum Gasteiger partial charge on any atom is -0.366 e. The van der Waals surface area contributed by atoms with E-state index in [9.17, 15) is 14.5 Å². The Morgan fingerprint density at radius 2 is 1.80 bits per heavy atom. The fourth-order valence-corrected chi connectivity index (χ4v) is 4.05. The van der Waals surface area contributed by atoms with Crippen LogP contribution in [0.15, 0.2) is 42.5 Å². The van der Waals surface area contributed by atoms with E-state index in [1.54, 1.807) is 24.3 Å². The van der Waals surface area contributed by atoms with Gasteiger partial charge in [-0.3, -0.25) is 10.1 Å². The number of aromatic nitrogens is 1. The number of nitro benzene ring substituents is 1. The number of nitro groups is 1. The van der Waals surface area contributed by atoms with Crippen molar-refractivity contribution in [3.63, 3.8) is 0 Å². The normalized spacial score (nSPS) is 14.9. The van der Waals surface area contributed by atoms with Crippen LogP contribution in [-0.2, 0) is 0 Å². The van der Waals surface area contributed by atoms with Crippen LogP contribution < -0.4 is 9.80 Å². The standard InChI is InChI=1S/C17H15FN4O2S/c18-13-3-1-2-4-15(13)20-7-9-21(10-8-20)17-19-14-6-5-12(22(23)24)11-16(14)25-17/h1-6,11H,7-10H2. The van der Waals surface area contributed by atoms with E-state index in [2.05, 4.69) is 9.88 Å². The zero-order valence-electron chi connectivity index (χ0n) is 13.3. The molecule has 0 bridgehead atoms. The van der Waals surface area contributed by atoms with E-state index >= 15 is 0 Å². The van der Waals surface area contributed by atoms with Crippen LogP contribution in [0, 0.1) is 15.9 Å². The summed E-state index contributed by atoms with van der Waals surface area (Å²) in [5, 5.41) is 11.7. The molecule has 2 heterocycles. The number of anilines is 2.